The average Bonchev–Trinajstić information content (AvgIpc) is 2.60. The lowest BCUT2D eigenvalue weighted by Crippen LogP contribution is -2.48. The van der Waals surface area contributed by atoms with E-state index in [0.29, 0.717) is 25.9 Å². The van der Waals surface area contributed by atoms with Gasteiger partial charge in [0.1, 0.15) is 0 Å². The van der Waals surface area contributed by atoms with Crippen LogP contribution in [0.25, 0.3) is 0 Å². The first-order chi connectivity index (χ1) is 11.7. The molecule has 2 amide bonds. The number of amides is 2. The molecule has 1 aromatic carbocycles. The van der Waals surface area contributed by atoms with Crippen LogP contribution in [0.5, 0.6) is 0 Å². The van der Waals surface area contributed by atoms with Crippen molar-refractivity contribution >= 4 is 17.5 Å². The minimum Gasteiger partial charge on any atom is -0.359 e. The zero-order valence-electron chi connectivity index (χ0n) is 14.2. The van der Waals surface area contributed by atoms with Crippen molar-refractivity contribution in [3.63, 3.8) is 0 Å². The average molecular weight is 357 g/mol. The highest BCUT2D eigenvalue weighted by Gasteiger charge is 2.35. The third kappa shape index (κ3) is 4.72. The number of rotatable bonds is 4. The van der Waals surface area contributed by atoms with Crippen molar-refractivity contribution in [2.75, 3.05) is 25.5 Å². The van der Waals surface area contributed by atoms with Gasteiger partial charge < -0.3 is 10.6 Å². The Balaban J connectivity index is 1.99. The molecule has 0 aliphatic carbocycles. The van der Waals surface area contributed by atoms with E-state index in [9.17, 15) is 22.8 Å². The molecule has 1 atom stereocenters. The molecule has 8 heteroatoms. The Morgan fingerprint density at radius 1 is 1.20 bits per heavy atom. The van der Waals surface area contributed by atoms with E-state index in [0.717, 1.165) is 6.07 Å². The lowest BCUT2D eigenvalue weighted by Gasteiger charge is -2.34. The maximum atomic E-state index is 13.0. The van der Waals surface area contributed by atoms with Crippen molar-refractivity contribution in [3.05, 3.63) is 29.8 Å². The SMILES string of the molecule is CNC(=O)C1CCN(C(C)C(=O)Nc2ccccc2C(F)(F)F)CC1. The number of alkyl halides is 3. The van der Waals surface area contributed by atoms with Crippen molar-refractivity contribution in [1.82, 2.24) is 10.2 Å². The van der Waals surface area contributed by atoms with E-state index in [1.807, 2.05) is 4.90 Å². The van der Waals surface area contributed by atoms with Crippen molar-refractivity contribution in [2.45, 2.75) is 32.0 Å². The van der Waals surface area contributed by atoms with E-state index in [4.69, 9.17) is 0 Å². The maximum Gasteiger partial charge on any atom is 0.418 e. The predicted octanol–water partition coefficient (Wildman–Crippen LogP) is 2.49. The Labute approximate surface area is 144 Å². The van der Waals surface area contributed by atoms with E-state index >= 15 is 0 Å². The fourth-order valence-corrected chi connectivity index (χ4v) is 3.00. The van der Waals surface area contributed by atoms with E-state index in [1.54, 1.807) is 14.0 Å². The molecule has 0 saturated carbocycles. The van der Waals surface area contributed by atoms with Crippen LogP contribution in [-0.2, 0) is 15.8 Å². The monoisotopic (exact) mass is 357 g/mol. The number of halogens is 3. The number of carbonyl (C=O) groups excluding carboxylic acids is 2. The number of anilines is 1. The maximum absolute atomic E-state index is 13.0. The smallest absolute Gasteiger partial charge is 0.359 e. The number of carbonyl (C=O) groups is 2. The van der Waals surface area contributed by atoms with Crippen LogP contribution in [0.3, 0.4) is 0 Å². The minimum atomic E-state index is -4.53. The number of nitrogens with zero attached hydrogens (tertiary/aromatic N) is 1. The van der Waals surface area contributed by atoms with Crippen molar-refractivity contribution in [2.24, 2.45) is 5.92 Å². The van der Waals surface area contributed by atoms with Crippen LogP contribution >= 0.6 is 0 Å². The summed E-state index contributed by atoms with van der Waals surface area (Å²) in [4.78, 5) is 25.9. The Morgan fingerprint density at radius 2 is 1.80 bits per heavy atom. The fourth-order valence-electron chi connectivity index (χ4n) is 3.00. The molecule has 1 heterocycles. The highest BCUT2D eigenvalue weighted by molar-refractivity contribution is 5.95. The van der Waals surface area contributed by atoms with E-state index in [2.05, 4.69) is 10.6 Å². The van der Waals surface area contributed by atoms with E-state index in [1.165, 1.54) is 18.2 Å². The standard InChI is InChI=1S/C17H22F3N3O2/c1-11(23-9-7-12(8-10-23)16(25)21-2)15(24)22-14-6-4-3-5-13(14)17(18,19)20/h3-6,11-12H,7-10H2,1-2H3,(H,21,25)(H,22,24). The molecule has 5 nitrogen and oxygen atoms in total. The molecule has 0 bridgehead atoms. The van der Waals surface area contributed by atoms with Gasteiger partial charge in [-0.05, 0) is 45.0 Å². The van der Waals surface area contributed by atoms with Crippen LogP contribution in [0.4, 0.5) is 18.9 Å². The van der Waals surface area contributed by atoms with Gasteiger partial charge in [0.15, 0.2) is 0 Å². The third-order valence-corrected chi connectivity index (χ3v) is 4.56. The van der Waals surface area contributed by atoms with Gasteiger partial charge in [-0.2, -0.15) is 13.2 Å². The summed E-state index contributed by atoms with van der Waals surface area (Å²) in [6.45, 7) is 2.76. The summed E-state index contributed by atoms with van der Waals surface area (Å²) in [5.41, 5.74) is -1.11. The van der Waals surface area contributed by atoms with Crippen molar-refractivity contribution in [3.8, 4) is 0 Å². The first kappa shape index (κ1) is 19.2. The molecule has 1 aliphatic rings. The summed E-state index contributed by atoms with van der Waals surface area (Å²) in [5, 5.41) is 4.99. The first-order valence-corrected chi connectivity index (χ1v) is 8.16. The van der Waals surface area contributed by atoms with Crippen LogP contribution in [0.1, 0.15) is 25.3 Å². The van der Waals surface area contributed by atoms with Gasteiger partial charge in [0, 0.05) is 13.0 Å². The van der Waals surface area contributed by atoms with Gasteiger partial charge >= 0.3 is 6.18 Å². The summed E-state index contributed by atoms with van der Waals surface area (Å²) in [5.74, 6) is -0.589. The first-order valence-electron chi connectivity index (χ1n) is 8.16. The summed E-state index contributed by atoms with van der Waals surface area (Å²) in [6.07, 6.45) is -3.29. The molecule has 2 rings (SSSR count). The summed E-state index contributed by atoms with van der Waals surface area (Å²) >= 11 is 0. The molecule has 0 radical (unpaired) electrons. The highest BCUT2D eigenvalue weighted by atomic mass is 19.4. The van der Waals surface area contributed by atoms with Gasteiger partial charge in [0.05, 0.1) is 17.3 Å². The third-order valence-electron chi connectivity index (χ3n) is 4.56. The molecule has 138 valence electrons. The van der Waals surface area contributed by atoms with Crippen LogP contribution < -0.4 is 10.6 Å². The molecule has 1 aliphatic heterocycles. The molecule has 0 aromatic heterocycles. The number of benzene rings is 1. The normalized spacial score (nSPS) is 17.8. The number of likely N-dealkylation sites (tertiary alicyclic amines) is 1. The number of hydrogen-bond donors (Lipinski definition) is 2. The highest BCUT2D eigenvalue weighted by Crippen LogP contribution is 2.34. The number of nitrogens with one attached hydrogen (secondary N) is 2. The number of piperidine rings is 1. The zero-order valence-corrected chi connectivity index (χ0v) is 14.2. The largest absolute Gasteiger partial charge is 0.418 e. The quantitative estimate of drug-likeness (QED) is 0.870. The molecule has 1 saturated heterocycles. The molecule has 1 fully saturated rings. The lowest BCUT2D eigenvalue weighted by atomic mass is 9.95. The molecule has 25 heavy (non-hydrogen) atoms. The van der Waals surface area contributed by atoms with Gasteiger partial charge in [-0.15, -0.1) is 0 Å². The van der Waals surface area contributed by atoms with Crippen LogP contribution in [0.2, 0.25) is 0 Å². The van der Waals surface area contributed by atoms with Crippen LogP contribution in [-0.4, -0.2) is 42.9 Å². The second-order valence-electron chi connectivity index (χ2n) is 6.13. The lowest BCUT2D eigenvalue weighted by molar-refractivity contribution is -0.137. The van der Waals surface area contributed by atoms with Gasteiger partial charge in [-0.3, -0.25) is 14.5 Å². The zero-order chi connectivity index (χ0) is 18.6. The molecular formula is C17H22F3N3O2. The second-order valence-corrected chi connectivity index (χ2v) is 6.13. The summed E-state index contributed by atoms with van der Waals surface area (Å²) in [6, 6.07) is 4.34. The van der Waals surface area contributed by atoms with Crippen molar-refractivity contribution < 1.29 is 22.8 Å². The minimum absolute atomic E-state index is 0.0177. The summed E-state index contributed by atoms with van der Waals surface area (Å²) in [7, 11) is 1.59. The number of para-hydroxylation sites is 1. The van der Waals surface area contributed by atoms with Crippen LogP contribution in [0.15, 0.2) is 24.3 Å². The second kappa shape index (κ2) is 7.86. The Bertz CT molecular complexity index is 626. The predicted molar refractivity (Wildman–Crippen MR) is 87.9 cm³/mol. The van der Waals surface area contributed by atoms with E-state index in [-0.39, 0.29) is 17.5 Å². The van der Waals surface area contributed by atoms with Gasteiger partial charge in [0.25, 0.3) is 0 Å². The summed E-state index contributed by atoms with van der Waals surface area (Å²) < 4.78 is 39.0. The van der Waals surface area contributed by atoms with Gasteiger partial charge in [0.2, 0.25) is 11.8 Å². The van der Waals surface area contributed by atoms with E-state index < -0.39 is 23.7 Å². The fraction of sp³-hybridized carbons (Fsp3) is 0.529. The Morgan fingerprint density at radius 3 is 2.36 bits per heavy atom. The molecule has 2 N–H and O–H groups in total. The molecular weight excluding hydrogens is 335 g/mol. The van der Waals surface area contributed by atoms with Gasteiger partial charge in [-0.25, -0.2) is 0 Å². The molecule has 1 aromatic rings. The Hall–Kier alpha value is -2.09. The van der Waals surface area contributed by atoms with Crippen molar-refractivity contribution in [1.29, 1.82) is 0 Å². The topological polar surface area (TPSA) is 61.4 Å². The Kier molecular flexibility index (Phi) is 6.05. The number of hydrogen-bond acceptors (Lipinski definition) is 3. The molecule has 0 spiro atoms. The molecule has 1 unspecified atom stereocenters. The van der Waals surface area contributed by atoms with Crippen LogP contribution in [0, 0.1) is 5.92 Å². The van der Waals surface area contributed by atoms with Gasteiger partial charge in [-0.1, -0.05) is 12.1 Å².